The van der Waals surface area contributed by atoms with Crippen molar-refractivity contribution in [2.75, 3.05) is 44.3 Å². The molecule has 2 saturated heterocycles. The lowest BCUT2D eigenvalue weighted by Gasteiger charge is -2.36. The molecule has 2 aliphatic rings. The number of hydrogen-bond acceptors (Lipinski definition) is 4. The van der Waals surface area contributed by atoms with Gasteiger partial charge >= 0.3 is 6.18 Å². The van der Waals surface area contributed by atoms with Crippen LogP contribution >= 0.6 is 11.6 Å². The summed E-state index contributed by atoms with van der Waals surface area (Å²) in [4.78, 5) is 20.1. The van der Waals surface area contributed by atoms with Crippen LogP contribution in [0.25, 0.3) is 0 Å². The number of aromatic nitrogens is 1. The minimum absolute atomic E-state index is 0.0206. The van der Waals surface area contributed by atoms with Crippen molar-refractivity contribution in [3.63, 3.8) is 0 Å². The minimum atomic E-state index is -4.47. The molecule has 0 aromatic carbocycles. The summed E-state index contributed by atoms with van der Waals surface area (Å²) in [5.41, 5.74) is -0.862. The number of alkyl halides is 3. The number of rotatable bonds is 2. The molecule has 0 unspecified atom stereocenters. The molecule has 1 aromatic heterocycles. The van der Waals surface area contributed by atoms with Gasteiger partial charge in [0.15, 0.2) is 0 Å². The Hall–Kier alpha value is -1.54. The van der Waals surface area contributed by atoms with Crippen LogP contribution in [0.3, 0.4) is 0 Å². The second kappa shape index (κ2) is 7.37. The van der Waals surface area contributed by atoms with Gasteiger partial charge in [0.05, 0.1) is 23.8 Å². The molecule has 0 radical (unpaired) electrons. The number of morpholine rings is 1. The zero-order valence-electron chi connectivity index (χ0n) is 13.6. The van der Waals surface area contributed by atoms with E-state index in [1.807, 2.05) is 9.80 Å². The minimum Gasteiger partial charge on any atom is -0.378 e. The first-order valence-electron chi connectivity index (χ1n) is 8.20. The van der Waals surface area contributed by atoms with E-state index in [0.717, 1.165) is 12.3 Å². The molecule has 5 nitrogen and oxygen atoms in total. The summed E-state index contributed by atoms with van der Waals surface area (Å²) in [6, 6.07) is 0.898. The van der Waals surface area contributed by atoms with Crippen molar-refractivity contribution in [1.82, 2.24) is 9.88 Å². The lowest BCUT2D eigenvalue weighted by Crippen LogP contribution is -2.47. The highest BCUT2D eigenvalue weighted by Gasteiger charge is 2.33. The normalized spacial score (nSPS) is 20.0. The van der Waals surface area contributed by atoms with E-state index >= 15 is 0 Å². The van der Waals surface area contributed by atoms with Gasteiger partial charge < -0.3 is 14.5 Å². The summed E-state index contributed by atoms with van der Waals surface area (Å²) in [6.45, 7) is 3.44. The molecule has 25 heavy (non-hydrogen) atoms. The molecule has 0 spiro atoms. The summed E-state index contributed by atoms with van der Waals surface area (Å²) >= 11 is 6.00. The fourth-order valence-electron chi connectivity index (χ4n) is 3.20. The van der Waals surface area contributed by atoms with Gasteiger partial charge in [-0.1, -0.05) is 11.6 Å². The van der Waals surface area contributed by atoms with Gasteiger partial charge in [0, 0.05) is 38.3 Å². The number of ether oxygens (including phenoxy) is 1. The Kier molecular flexibility index (Phi) is 5.38. The number of halogens is 4. The van der Waals surface area contributed by atoms with Gasteiger partial charge in [0.1, 0.15) is 5.82 Å². The zero-order valence-corrected chi connectivity index (χ0v) is 14.3. The molecule has 9 heteroatoms. The van der Waals surface area contributed by atoms with Gasteiger partial charge in [-0.3, -0.25) is 4.79 Å². The van der Waals surface area contributed by atoms with E-state index in [0.29, 0.717) is 58.1 Å². The average Bonchev–Trinajstić information content (AvgIpc) is 2.61. The van der Waals surface area contributed by atoms with Gasteiger partial charge in [-0.2, -0.15) is 13.2 Å². The van der Waals surface area contributed by atoms with Gasteiger partial charge in [-0.05, 0) is 18.9 Å². The lowest BCUT2D eigenvalue weighted by molar-refractivity contribution is -0.140. The molecule has 1 aromatic rings. The van der Waals surface area contributed by atoms with E-state index < -0.39 is 11.7 Å². The number of hydrogen-bond donors (Lipinski definition) is 0. The summed E-state index contributed by atoms with van der Waals surface area (Å²) in [5, 5.41) is -0.0206. The molecule has 1 amide bonds. The largest absolute Gasteiger partial charge is 0.417 e. The molecule has 0 N–H and O–H groups in total. The highest BCUT2D eigenvalue weighted by atomic mass is 35.5. The Morgan fingerprint density at radius 1 is 1.20 bits per heavy atom. The number of amides is 1. The van der Waals surface area contributed by atoms with E-state index in [1.165, 1.54) is 0 Å². The summed E-state index contributed by atoms with van der Waals surface area (Å²) < 4.78 is 43.3. The van der Waals surface area contributed by atoms with E-state index in [1.54, 1.807) is 0 Å². The maximum atomic E-state index is 12.7. The fourth-order valence-corrected chi connectivity index (χ4v) is 3.48. The molecule has 2 fully saturated rings. The first-order valence-corrected chi connectivity index (χ1v) is 8.58. The second-order valence-corrected chi connectivity index (χ2v) is 6.63. The molecule has 138 valence electrons. The molecular weight excluding hydrogens is 359 g/mol. The van der Waals surface area contributed by atoms with Crippen LogP contribution in [0.1, 0.15) is 18.4 Å². The van der Waals surface area contributed by atoms with E-state index in [4.69, 9.17) is 16.3 Å². The van der Waals surface area contributed by atoms with Crippen molar-refractivity contribution in [2.24, 2.45) is 5.92 Å². The lowest BCUT2D eigenvalue weighted by atomic mass is 9.95. The summed E-state index contributed by atoms with van der Waals surface area (Å²) in [7, 11) is 0. The van der Waals surface area contributed by atoms with Crippen LogP contribution in [-0.2, 0) is 15.7 Å². The van der Waals surface area contributed by atoms with Crippen molar-refractivity contribution >= 4 is 23.3 Å². The SMILES string of the molecule is O=C(C1CCN(c2ncc(C(F)(F)F)cc2Cl)CC1)N1CCOCC1. The number of carbonyl (C=O) groups excluding carboxylic acids is 1. The van der Waals surface area contributed by atoms with Crippen LogP contribution in [0, 0.1) is 5.92 Å². The van der Waals surface area contributed by atoms with Crippen LogP contribution < -0.4 is 4.90 Å². The van der Waals surface area contributed by atoms with Crippen molar-refractivity contribution in [3.8, 4) is 0 Å². The summed E-state index contributed by atoms with van der Waals surface area (Å²) in [5.74, 6) is 0.406. The maximum absolute atomic E-state index is 12.7. The predicted octanol–water partition coefficient (Wildman–Crippen LogP) is 2.83. The molecular formula is C16H19ClF3N3O2. The Bertz CT molecular complexity index is 628. The quantitative estimate of drug-likeness (QED) is 0.795. The van der Waals surface area contributed by atoms with E-state index in [-0.39, 0.29) is 16.8 Å². The van der Waals surface area contributed by atoms with Crippen LogP contribution in [-0.4, -0.2) is 55.2 Å². The Labute approximate surface area is 148 Å². The Morgan fingerprint density at radius 2 is 1.84 bits per heavy atom. The smallest absolute Gasteiger partial charge is 0.378 e. The maximum Gasteiger partial charge on any atom is 0.417 e. The Morgan fingerprint density at radius 3 is 2.40 bits per heavy atom. The van der Waals surface area contributed by atoms with Gasteiger partial charge in [-0.25, -0.2) is 4.98 Å². The molecule has 0 aliphatic carbocycles. The number of nitrogens with zero attached hydrogens (tertiary/aromatic N) is 3. The fraction of sp³-hybridized carbons (Fsp3) is 0.625. The second-order valence-electron chi connectivity index (χ2n) is 6.23. The molecule has 3 rings (SSSR count). The van der Waals surface area contributed by atoms with Crippen molar-refractivity contribution in [3.05, 3.63) is 22.8 Å². The van der Waals surface area contributed by atoms with Gasteiger partial charge in [0.25, 0.3) is 0 Å². The molecule has 2 aliphatic heterocycles. The molecule has 0 saturated carbocycles. The third kappa shape index (κ3) is 4.17. The third-order valence-electron chi connectivity index (χ3n) is 4.62. The van der Waals surface area contributed by atoms with Gasteiger partial charge in [-0.15, -0.1) is 0 Å². The first-order chi connectivity index (χ1) is 11.9. The highest BCUT2D eigenvalue weighted by Crippen LogP contribution is 2.34. The van der Waals surface area contributed by atoms with E-state index in [2.05, 4.69) is 4.98 Å². The number of pyridine rings is 1. The summed E-state index contributed by atoms with van der Waals surface area (Å²) in [6.07, 6.45) is -2.40. The van der Waals surface area contributed by atoms with Crippen LogP contribution in [0.4, 0.5) is 19.0 Å². The van der Waals surface area contributed by atoms with Crippen molar-refractivity contribution < 1.29 is 22.7 Å². The van der Waals surface area contributed by atoms with Crippen LogP contribution in [0.15, 0.2) is 12.3 Å². The Balaban J connectivity index is 1.61. The third-order valence-corrected chi connectivity index (χ3v) is 4.89. The molecule has 3 heterocycles. The van der Waals surface area contributed by atoms with Gasteiger partial charge in [0.2, 0.25) is 5.91 Å². The van der Waals surface area contributed by atoms with Crippen LogP contribution in [0.5, 0.6) is 0 Å². The first kappa shape index (κ1) is 18.3. The van der Waals surface area contributed by atoms with Crippen LogP contribution in [0.2, 0.25) is 5.02 Å². The highest BCUT2D eigenvalue weighted by molar-refractivity contribution is 6.33. The molecule has 0 atom stereocenters. The average molecular weight is 378 g/mol. The van der Waals surface area contributed by atoms with Crippen molar-refractivity contribution in [1.29, 1.82) is 0 Å². The monoisotopic (exact) mass is 377 g/mol. The van der Waals surface area contributed by atoms with Crippen molar-refractivity contribution in [2.45, 2.75) is 19.0 Å². The van der Waals surface area contributed by atoms with E-state index in [9.17, 15) is 18.0 Å². The standard InChI is InChI=1S/C16H19ClF3N3O2/c17-13-9-12(16(18,19)20)10-21-14(13)22-3-1-11(2-4-22)15(24)23-5-7-25-8-6-23/h9-11H,1-8H2. The number of piperidine rings is 1. The predicted molar refractivity (Wildman–Crippen MR) is 86.6 cm³/mol. The zero-order chi connectivity index (χ0) is 18.0. The molecule has 0 bridgehead atoms. The number of carbonyl (C=O) groups is 1. The topological polar surface area (TPSA) is 45.7 Å². The number of anilines is 1.